The van der Waals surface area contributed by atoms with E-state index in [-0.39, 0.29) is 51.5 Å². The molecule has 35 heavy (non-hydrogen) atoms. The van der Waals surface area contributed by atoms with E-state index in [0.29, 0.717) is 24.2 Å². The van der Waals surface area contributed by atoms with E-state index < -0.39 is 29.5 Å². The smallest absolute Gasteiger partial charge is 0.347 e. The van der Waals surface area contributed by atoms with Crippen molar-refractivity contribution in [2.45, 2.75) is 12.2 Å². The van der Waals surface area contributed by atoms with Crippen LogP contribution in [0.25, 0.3) is 32.9 Å². The minimum absolute atomic E-state index is 0.0546. The first-order valence-electron chi connectivity index (χ1n) is 10.9. The third kappa shape index (κ3) is 3.23. The summed E-state index contributed by atoms with van der Waals surface area (Å²) in [6, 6.07) is 5.26. The summed E-state index contributed by atoms with van der Waals surface area (Å²) < 4.78 is 50.3. The highest BCUT2D eigenvalue weighted by Gasteiger charge is 2.56. The Morgan fingerprint density at radius 1 is 1.29 bits per heavy atom. The van der Waals surface area contributed by atoms with Crippen molar-refractivity contribution in [1.82, 2.24) is 15.0 Å². The molecule has 1 aliphatic heterocycles. The van der Waals surface area contributed by atoms with Crippen LogP contribution < -0.4 is 16.3 Å². The van der Waals surface area contributed by atoms with Gasteiger partial charge in [0.25, 0.3) is 0 Å². The van der Waals surface area contributed by atoms with Gasteiger partial charge in [0.15, 0.2) is 5.82 Å². The van der Waals surface area contributed by atoms with Crippen LogP contribution in [0.5, 0.6) is 0 Å². The van der Waals surface area contributed by atoms with Gasteiger partial charge in [-0.05, 0) is 23.6 Å². The van der Waals surface area contributed by atoms with Crippen LogP contribution >= 0.6 is 0 Å². The average Bonchev–Trinajstić information content (AvgIpc) is 3.53. The largest absolute Gasteiger partial charge is 0.399 e. The molecule has 0 amide bonds. The first kappa shape index (κ1) is 21.4. The second kappa shape index (κ2) is 7.71. The molecular weight excluding hydrogens is 459 g/mol. The highest BCUT2D eigenvalue weighted by atomic mass is 19.1. The summed E-state index contributed by atoms with van der Waals surface area (Å²) in [4.78, 5) is 24.8. The van der Waals surface area contributed by atoms with Crippen molar-refractivity contribution in [3.05, 3.63) is 58.1 Å². The van der Waals surface area contributed by atoms with E-state index in [1.54, 1.807) is 11.0 Å². The number of benzene rings is 2. The van der Waals surface area contributed by atoms with Gasteiger partial charge >= 0.3 is 5.69 Å². The van der Waals surface area contributed by atoms with Crippen LogP contribution in [0.15, 0.2) is 35.3 Å². The molecule has 1 saturated carbocycles. The Bertz CT molecular complexity index is 1630. The minimum atomic E-state index is -1.13. The predicted octanol–water partition coefficient (Wildman–Crippen LogP) is 3.15. The molecule has 2 aromatic carbocycles. The number of nitrogens with two attached hydrogens (primary N) is 1. The lowest BCUT2D eigenvalue weighted by Gasteiger charge is -2.23. The maximum absolute atomic E-state index is 16.0. The molecule has 176 valence electrons. The summed E-state index contributed by atoms with van der Waals surface area (Å²) in [5.41, 5.74) is 5.33. The molecule has 6 rings (SSSR count). The number of hydrogen-bond acceptors (Lipinski definition) is 6. The maximum Gasteiger partial charge on any atom is 0.347 e. The number of nitrogen functional groups attached to an aromatic ring is 1. The molecule has 0 spiro atoms. The monoisotopic (exact) mass is 477 g/mol. The summed E-state index contributed by atoms with van der Waals surface area (Å²) in [7, 11) is 0. The number of aromatic amines is 1. The zero-order valence-electron chi connectivity index (χ0n) is 18.2. The van der Waals surface area contributed by atoms with E-state index in [1.165, 1.54) is 24.4 Å². The highest BCUT2D eigenvalue weighted by Crippen LogP contribution is 2.44. The second-order valence-corrected chi connectivity index (χ2v) is 8.68. The number of fused-ring (bicyclic) bond motifs is 3. The standard InChI is InChI=1S/C25H18F3N5O2/c1-2-13-17(26)4-3-11-7-12(29)8-14(18(11)13)21-20(28)22-15(9-30-21)24(32-25(34)31-22)33-5-6-35-10-16-19(27)23(16)33/h1,3-4,7-9,16,19,23H,5-6,10,29H2,(H,31,32,34)/t16-,19-,23?/m1/s1. The first-order chi connectivity index (χ1) is 16.9. The molecule has 1 saturated heterocycles. The molecule has 1 aliphatic carbocycles. The van der Waals surface area contributed by atoms with Gasteiger partial charge in [-0.2, -0.15) is 4.98 Å². The summed E-state index contributed by atoms with van der Waals surface area (Å²) in [6.07, 6.45) is 5.78. The molecule has 1 unspecified atom stereocenters. The normalized spacial score (nSPS) is 21.5. The lowest BCUT2D eigenvalue weighted by molar-refractivity contribution is 0.131. The molecule has 2 aliphatic rings. The Morgan fingerprint density at radius 3 is 2.91 bits per heavy atom. The van der Waals surface area contributed by atoms with Gasteiger partial charge < -0.3 is 20.4 Å². The van der Waals surface area contributed by atoms with Crippen LogP contribution in [-0.4, -0.2) is 46.9 Å². The number of alkyl halides is 1. The maximum atomic E-state index is 16.0. The lowest BCUT2D eigenvalue weighted by Crippen LogP contribution is -2.33. The number of nitrogens with one attached hydrogen (secondary N) is 1. The quantitative estimate of drug-likeness (QED) is 0.340. The number of rotatable bonds is 2. The summed E-state index contributed by atoms with van der Waals surface area (Å²) in [6.45, 7) is 0.886. The molecular formula is C25H18F3N5O2. The summed E-state index contributed by atoms with van der Waals surface area (Å²) >= 11 is 0. The molecule has 3 heterocycles. The fraction of sp³-hybridized carbons (Fsp3) is 0.240. The van der Waals surface area contributed by atoms with E-state index in [4.69, 9.17) is 16.9 Å². The Labute approximate surface area is 196 Å². The number of anilines is 2. The van der Waals surface area contributed by atoms with Crippen molar-refractivity contribution in [3.63, 3.8) is 0 Å². The van der Waals surface area contributed by atoms with Crippen molar-refractivity contribution in [2.24, 2.45) is 5.92 Å². The van der Waals surface area contributed by atoms with Crippen molar-refractivity contribution in [2.75, 3.05) is 30.4 Å². The third-order valence-corrected chi connectivity index (χ3v) is 6.64. The summed E-state index contributed by atoms with van der Waals surface area (Å²) in [5, 5.41) is 0.995. The van der Waals surface area contributed by atoms with Crippen molar-refractivity contribution < 1.29 is 17.9 Å². The number of nitrogens with zero attached hydrogens (tertiary/aromatic N) is 3. The highest BCUT2D eigenvalue weighted by molar-refractivity contribution is 6.03. The fourth-order valence-electron chi connectivity index (χ4n) is 4.96. The van der Waals surface area contributed by atoms with Gasteiger partial charge in [-0.15, -0.1) is 6.42 Å². The fourth-order valence-corrected chi connectivity index (χ4v) is 4.96. The van der Waals surface area contributed by atoms with E-state index in [0.717, 1.165) is 0 Å². The minimum Gasteiger partial charge on any atom is -0.399 e. The van der Waals surface area contributed by atoms with Crippen LogP contribution in [0.3, 0.4) is 0 Å². The summed E-state index contributed by atoms with van der Waals surface area (Å²) in [5.74, 6) is 0.613. The van der Waals surface area contributed by atoms with Crippen LogP contribution in [0, 0.1) is 29.9 Å². The Balaban J connectivity index is 1.60. The molecule has 0 radical (unpaired) electrons. The van der Waals surface area contributed by atoms with E-state index in [2.05, 4.69) is 20.9 Å². The SMILES string of the molecule is C#Cc1c(F)ccc2cc(N)cc(-c3ncc4c(N5CCOC[C@H]6C5[C@@H]6F)nc(=O)[nH]c4c3F)c12. The van der Waals surface area contributed by atoms with Crippen LogP contribution in [0.2, 0.25) is 0 Å². The molecule has 7 nitrogen and oxygen atoms in total. The third-order valence-electron chi connectivity index (χ3n) is 6.64. The van der Waals surface area contributed by atoms with E-state index in [9.17, 15) is 13.6 Å². The van der Waals surface area contributed by atoms with Crippen LogP contribution in [0.1, 0.15) is 5.56 Å². The van der Waals surface area contributed by atoms with Gasteiger partial charge in [0.05, 0.1) is 35.7 Å². The topological polar surface area (TPSA) is 97.1 Å². The number of aromatic nitrogens is 3. The number of pyridine rings is 1. The molecule has 2 fully saturated rings. The molecule has 2 aromatic heterocycles. The Morgan fingerprint density at radius 2 is 2.11 bits per heavy atom. The van der Waals surface area contributed by atoms with Gasteiger partial charge in [-0.3, -0.25) is 4.98 Å². The van der Waals surface area contributed by atoms with Gasteiger partial charge in [0, 0.05) is 35.3 Å². The van der Waals surface area contributed by atoms with Crippen molar-refractivity contribution in [1.29, 1.82) is 0 Å². The molecule has 10 heteroatoms. The van der Waals surface area contributed by atoms with Crippen LogP contribution in [-0.2, 0) is 4.74 Å². The number of H-pyrrole nitrogens is 1. The zero-order chi connectivity index (χ0) is 24.4. The van der Waals surface area contributed by atoms with Gasteiger partial charge in [-0.1, -0.05) is 12.0 Å². The predicted molar refractivity (Wildman–Crippen MR) is 126 cm³/mol. The van der Waals surface area contributed by atoms with Gasteiger partial charge in [0.1, 0.15) is 23.5 Å². The van der Waals surface area contributed by atoms with E-state index in [1.807, 2.05) is 0 Å². The molecule has 3 atom stereocenters. The van der Waals surface area contributed by atoms with Gasteiger partial charge in [-0.25, -0.2) is 18.0 Å². The number of hydrogen-bond donors (Lipinski definition) is 2. The lowest BCUT2D eigenvalue weighted by atomic mass is 9.95. The number of halogens is 3. The van der Waals surface area contributed by atoms with Crippen LogP contribution in [0.4, 0.5) is 24.7 Å². The average molecular weight is 477 g/mol. The second-order valence-electron chi connectivity index (χ2n) is 8.68. The molecule has 4 aromatic rings. The van der Waals surface area contributed by atoms with Gasteiger partial charge in [0.2, 0.25) is 0 Å². The number of ether oxygens (including phenoxy) is 1. The number of terminal acetylenes is 1. The zero-order valence-corrected chi connectivity index (χ0v) is 18.2. The first-order valence-corrected chi connectivity index (χ1v) is 10.9. The van der Waals surface area contributed by atoms with Crippen molar-refractivity contribution in [3.8, 4) is 23.6 Å². The Hall–Kier alpha value is -4.10. The molecule has 3 N–H and O–H groups in total. The Kier molecular flexibility index (Phi) is 4.72. The van der Waals surface area contributed by atoms with E-state index >= 15 is 4.39 Å². The molecule has 0 bridgehead atoms. The van der Waals surface area contributed by atoms with Crippen molar-refractivity contribution >= 4 is 33.2 Å².